The minimum absolute atomic E-state index is 0.0337. The van der Waals surface area contributed by atoms with Crippen LogP contribution in [0.15, 0.2) is 48.5 Å². The smallest absolute Gasteiger partial charge is 0.324 e. The minimum Gasteiger partial charge on any atom is -0.493 e. The van der Waals surface area contributed by atoms with E-state index in [1.807, 2.05) is 4.90 Å². The molecule has 2 aromatic rings. The summed E-state index contributed by atoms with van der Waals surface area (Å²) in [4.78, 5) is 18.9. The van der Waals surface area contributed by atoms with Gasteiger partial charge in [-0.15, -0.1) is 0 Å². The fraction of sp³-hybridized carbons (Fsp3) is 0.519. The summed E-state index contributed by atoms with van der Waals surface area (Å²) in [6.45, 7) is 8.43. The lowest BCUT2D eigenvalue weighted by Crippen LogP contribution is -2.35. The van der Waals surface area contributed by atoms with Gasteiger partial charge in [0.1, 0.15) is 11.6 Å². The van der Waals surface area contributed by atoms with Crippen molar-refractivity contribution in [3.8, 4) is 5.75 Å². The van der Waals surface area contributed by atoms with Crippen molar-refractivity contribution in [1.29, 1.82) is 0 Å². The molecule has 2 amide bonds. The zero-order chi connectivity index (χ0) is 23.0. The third-order valence-electron chi connectivity index (χ3n) is 6.79. The van der Waals surface area contributed by atoms with Crippen molar-refractivity contribution in [1.82, 2.24) is 9.80 Å². The number of urea groups is 1. The number of carbonyl (C=O) groups excluding carboxylic acids is 1. The van der Waals surface area contributed by atoms with E-state index < -0.39 is 0 Å². The first-order valence-corrected chi connectivity index (χ1v) is 12.4. The first-order chi connectivity index (χ1) is 16.2. The predicted octanol–water partition coefficient (Wildman–Crippen LogP) is 5.52. The molecule has 2 heterocycles. The Bertz CT molecular complexity index is 896. The molecule has 178 valence electrons. The first-order valence-electron chi connectivity index (χ1n) is 12.4. The van der Waals surface area contributed by atoms with Gasteiger partial charge in [0.05, 0.1) is 6.61 Å². The summed E-state index contributed by atoms with van der Waals surface area (Å²) in [6.07, 6.45) is 5.48. The van der Waals surface area contributed by atoms with E-state index >= 15 is 0 Å². The van der Waals surface area contributed by atoms with Crippen molar-refractivity contribution in [3.05, 3.63) is 59.9 Å². The highest BCUT2D eigenvalue weighted by Crippen LogP contribution is 2.34. The molecule has 0 atom stereocenters. The maximum Gasteiger partial charge on any atom is 0.324 e. The van der Waals surface area contributed by atoms with Gasteiger partial charge >= 0.3 is 6.03 Å². The number of para-hydroxylation sites is 1. The molecular formula is C27H36FN3O2. The Hall–Kier alpha value is -2.60. The molecule has 4 rings (SSSR count). The fourth-order valence-electron chi connectivity index (χ4n) is 4.92. The van der Waals surface area contributed by atoms with E-state index in [0.29, 0.717) is 12.5 Å². The van der Waals surface area contributed by atoms with Gasteiger partial charge in [-0.1, -0.05) is 25.1 Å². The average Bonchev–Trinajstić information content (AvgIpc) is 3.21. The number of piperidine rings is 1. The summed E-state index contributed by atoms with van der Waals surface area (Å²) in [6, 6.07) is 14.7. The number of unbranched alkanes of at least 4 members (excludes halogenated alkanes) is 1. The summed E-state index contributed by atoms with van der Waals surface area (Å²) >= 11 is 0. The Kier molecular flexibility index (Phi) is 8.21. The van der Waals surface area contributed by atoms with Crippen LogP contribution in [0.5, 0.6) is 5.75 Å². The maximum absolute atomic E-state index is 13.2. The third-order valence-corrected chi connectivity index (χ3v) is 6.79. The number of anilines is 1. The summed E-state index contributed by atoms with van der Waals surface area (Å²) in [5, 5.41) is 0. The van der Waals surface area contributed by atoms with Gasteiger partial charge in [0.25, 0.3) is 0 Å². The molecule has 0 aliphatic carbocycles. The average molecular weight is 454 g/mol. The Labute approximate surface area is 197 Å². The van der Waals surface area contributed by atoms with Crippen molar-refractivity contribution in [3.63, 3.8) is 0 Å². The summed E-state index contributed by atoms with van der Waals surface area (Å²) in [5.41, 5.74) is 2.14. The molecule has 0 N–H and O–H groups in total. The highest BCUT2D eigenvalue weighted by Gasteiger charge is 2.29. The third kappa shape index (κ3) is 6.05. The number of amides is 2. The van der Waals surface area contributed by atoms with Gasteiger partial charge in [0.2, 0.25) is 0 Å². The van der Waals surface area contributed by atoms with E-state index in [9.17, 15) is 9.18 Å². The molecule has 2 fully saturated rings. The Morgan fingerprint density at radius 1 is 0.939 bits per heavy atom. The number of likely N-dealkylation sites (tertiary alicyclic amines) is 1. The van der Waals surface area contributed by atoms with Crippen molar-refractivity contribution >= 4 is 11.7 Å². The maximum atomic E-state index is 13.2. The molecule has 2 aromatic carbocycles. The second-order valence-corrected chi connectivity index (χ2v) is 9.11. The first kappa shape index (κ1) is 23.6. The number of hydrogen-bond acceptors (Lipinski definition) is 3. The molecule has 2 aliphatic rings. The number of hydrogen-bond donors (Lipinski definition) is 0. The van der Waals surface area contributed by atoms with Crippen LogP contribution in [0.4, 0.5) is 14.9 Å². The molecule has 2 saturated heterocycles. The van der Waals surface area contributed by atoms with Crippen LogP contribution >= 0.6 is 0 Å². The predicted molar refractivity (Wildman–Crippen MR) is 131 cm³/mol. The van der Waals surface area contributed by atoms with Gasteiger partial charge in [-0.25, -0.2) is 9.18 Å². The quantitative estimate of drug-likeness (QED) is 0.445. The van der Waals surface area contributed by atoms with E-state index in [1.165, 1.54) is 30.5 Å². The van der Waals surface area contributed by atoms with Crippen molar-refractivity contribution in [2.45, 2.75) is 44.9 Å². The number of ether oxygens (including phenoxy) is 1. The van der Waals surface area contributed by atoms with E-state index in [1.54, 1.807) is 17.0 Å². The molecule has 0 saturated carbocycles. The lowest BCUT2D eigenvalue weighted by Gasteiger charge is -2.33. The molecule has 0 unspecified atom stereocenters. The van der Waals surface area contributed by atoms with E-state index in [0.717, 1.165) is 70.0 Å². The van der Waals surface area contributed by atoms with Crippen LogP contribution in [0.3, 0.4) is 0 Å². The van der Waals surface area contributed by atoms with Gasteiger partial charge in [0, 0.05) is 25.3 Å². The van der Waals surface area contributed by atoms with Crippen LogP contribution < -0.4 is 9.64 Å². The summed E-state index contributed by atoms with van der Waals surface area (Å²) in [7, 11) is 0. The van der Waals surface area contributed by atoms with E-state index in [-0.39, 0.29) is 11.8 Å². The zero-order valence-electron chi connectivity index (χ0n) is 19.7. The zero-order valence-corrected chi connectivity index (χ0v) is 19.7. The molecule has 0 radical (unpaired) electrons. The van der Waals surface area contributed by atoms with Crippen molar-refractivity contribution in [2.24, 2.45) is 0 Å². The van der Waals surface area contributed by atoms with Gasteiger partial charge in [-0.3, -0.25) is 4.90 Å². The molecule has 5 nitrogen and oxygen atoms in total. The lowest BCUT2D eigenvalue weighted by atomic mass is 9.88. The summed E-state index contributed by atoms with van der Waals surface area (Å²) < 4.78 is 19.1. The van der Waals surface area contributed by atoms with E-state index in [4.69, 9.17) is 4.74 Å². The number of rotatable bonds is 10. The lowest BCUT2D eigenvalue weighted by molar-refractivity contribution is 0.199. The Balaban J connectivity index is 1.16. The topological polar surface area (TPSA) is 36.0 Å². The van der Waals surface area contributed by atoms with Crippen LogP contribution in [0, 0.1) is 5.82 Å². The monoisotopic (exact) mass is 453 g/mol. The second kappa shape index (κ2) is 11.5. The van der Waals surface area contributed by atoms with E-state index in [2.05, 4.69) is 36.1 Å². The molecule has 0 spiro atoms. The SMILES string of the molecule is CCCOc1ccccc1C1CCN(CCCCN2CCN(c3ccc(F)cc3)C2=O)CC1. The van der Waals surface area contributed by atoms with Gasteiger partial charge in [-0.05, 0) is 93.6 Å². The molecule has 0 bridgehead atoms. The second-order valence-electron chi connectivity index (χ2n) is 9.11. The van der Waals surface area contributed by atoms with Crippen LogP contribution in [-0.2, 0) is 0 Å². The number of nitrogens with zero attached hydrogens (tertiary/aromatic N) is 3. The van der Waals surface area contributed by atoms with Crippen LogP contribution in [0.2, 0.25) is 0 Å². The van der Waals surface area contributed by atoms with Crippen molar-refractivity contribution < 1.29 is 13.9 Å². The van der Waals surface area contributed by atoms with Crippen LogP contribution in [0.1, 0.15) is 50.5 Å². The molecule has 6 heteroatoms. The number of benzene rings is 2. The minimum atomic E-state index is -0.277. The van der Waals surface area contributed by atoms with Gasteiger partial charge < -0.3 is 14.5 Å². The molecular weight excluding hydrogens is 417 g/mol. The molecule has 2 aliphatic heterocycles. The van der Waals surface area contributed by atoms with Crippen molar-refractivity contribution in [2.75, 3.05) is 50.8 Å². The number of halogens is 1. The van der Waals surface area contributed by atoms with Crippen LogP contribution in [0.25, 0.3) is 0 Å². The van der Waals surface area contributed by atoms with Gasteiger partial charge in [0.15, 0.2) is 0 Å². The Morgan fingerprint density at radius 2 is 1.67 bits per heavy atom. The fourth-order valence-corrected chi connectivity index (χ4v) is 4.92. The Morgan fingerprint density at radius 3 is 2.42 bits per heavy atom. The molecule has 0 aromatic heterocycles. The highest BCUT2D eigenvalue weighted by molar-refractivity contribution is 5.94. The normalized spacial score (nSPS) is 17.7. The highest BCUT2D eigenvalue weighted by atomic mass is 19.1. The van der Waals surface area contributed by atoms with Crippen LogP contribution in [-0.4, -0.2) is 61.7 Å². The molecule has 33 heavy (non-hydrogen) atoms. The largest absolute Gasteiger partial charge is 0.493 e. The summed E-state index contributed by atoms with van der Waals surface area (Å²) in [5.74, 6) is 1.36. The number of carbonyl (C=O) groups is 1. The standard InChI is InChI=1S/C27H36FN3O2/c1-2-21-33-26-8-4-3-7-25(26)22-13-17-29(18-14-22)15-5-6-16-30-19-20-31(27(30)32)24-11-9-23(28)10-12-24/h3-4,7-12,22H,2,5-6,13-21H2,1H3. The van der Waals surface area contributed by atoms with Gasteiger partial charge in [-0.2, -0.15) is 0 Å².